The van der Waals surface area contributed by atoms with E-state index in [2.05, 4.69) is 18.7 Å². The van der Waals surface area contributed by atoms with Crippen LogP contribution >= 0.6 is 0 Å². The summed E-state index contributed by atoms with van der Waals surface area (Å²) in [4.78, 5) is 2.41. The second-order valence-corrected chi connectivity index (χ2v) is 11.8. The number of ether oxygens (including phenoxy) is 3. The molecule has 31 heavy (non-hydrogen) atoms. The Morgan fingerprint density at radius 2 is 1.84 bits per heavy atom. The highest BCUT2D eigenvalue weighted by Crippen LogP contribution is 2.80. The predicted octanol–water partition coefficient (Wildman–Crippen LogP) is 0.645. The molecule has 0 radical (unpaired) electrons. The number of methoxy groups -OCH3 is 3. The molecule has 0 aromatic carbocycles. The number of fused-ring (bicyclic) bond motifs is 2. The van der Waals surface area contributed by atoms with Crippen molar-refractivity contribution in [1.82, 2.24) is 4.90 Å². The summed E-state index contributed by atoms with van der Waals surface area (Å²) < 4.78 is 18.2. The molecular weight excluding hydrogens is 398 g/mol. The summed E-state index contributed by atoms with van der Waals surface area (Å²) in [6.45, 7) is 6.20. The van der Waals surface area contributed by atoms with Gasteiger partial charge < -0.3 is 29.5 Å². The zero-order valence-electron chi connectivity index (χ0n) is 19.5. The molecule has 0 aromatic rings. The number of aliphatic hydroxyl groups excluding tert-OH is 1. The molecule has 0 unspecified atom stereocenters. The minimum absolute atomic E-state index is 0.0138. The Morgan fingerprint density at radius 1 is 1.10 bits per heavy atom. The van der Waals surface area contributed by atoms with Crippen molar-refractivity contribution in [3.8, 4) is 0 Å². The molecule has 6 rings (SSSR count). The first-order chi connectivity index (χ1) is 14.7. The summed E-state index contributed by atoms with van der Waals surface area (Å²) >= 11 is 0. The van der Waals surface area contributed by atoms with E-state index in [1.165, 1.54) is 0 Å². The molecule has 7 nitrogen and oxygen atoms in total. The van der Waals surface area contributed by atoms with Crippen molar-refractivity contribution in [2.75, 3.05) is 34.4 Å². The molecule has 7 bridgehead atoms. The largest absolute Gasteiger partial charge is 0.392 e. The van der Waals surface area contributed by atoms with Gasteiger partial charge in [0, 0.05) is 57.5 Å². The molecule has 5 saturated carbocycles. The molecule has 1 saturated heterocycles. The summed E-state index contributed by atoms with van der Waals surface area (Å²) in [5, 5.41) is 36.8. The zero-order chi connectivity index (χ0) is 22.1. The second-order valence-electron chi connectivity index (χ2n) is 11.8. The van der Waals surface area contributed by atoms with Crippen LogP contribution in [0.5, 0.6) is 0 Å². The van der Waals surface area contributed by atoms with Crippen molar-refractivity contribution in [2.45, 2.75) is 81.2 Å². The number of likely N-dealkylation sites (tertiary alicyclic amines) is 1. The molecule has 5 aliphatic carbocycles. The first kappa shape index (κ1) is 21.3. The lowest BCUT2D eigenvalue weighted by Crippen LogP contribution is -2.81. The topological polar surface area (TPSA) is 91.6 Å². The first-order valence-corrected chi connectivity index (χ1v) is 12.2. The fourth-order valence-corrected chi connectivity index (χ4v) is 10.7. The summed E-state index contributed by atoms with van der Waals surface area (Å²) in [6, 6.07) is -0.258. The summed E-state index contributed by atoms with van der Waals surface area (Å²) in [5.41, 5.74) is -3.35. The zero-order valence-corrected chi connectivity index (χ0v) is 19.5. The van der Waals surface area contributed by atoms with Gasteiger partial charge in [0.25, 0.3) is 0 Å². The molecule has 0 aromatic heterocycles. The SMILES string of the molecule is CCN1C[C@]2(C)CC[C@H](OC)[C@@]34[C@@H]5C[C@H]6[C@@H](O)[C@@H]5[C@](O)(C[C@H]6OC)[C@@](O)([C@@H](OC)[C@H]23)[C@@H]14. The first-order valence-electron chi connectivity index (χ1n) is 12.2. The Morgan fingerprint density at radius 3 is 2.45 bits per heavy atom. The molecule has 3 N–H and O–H groups in total. The van der Waals surface area contributed by atoms with Crippen molar-refractivity contribution >= 4 is 0 Å². The summed E-state index contributed by atoms with van der Waals surface area (Å²) in [7, 11) is 5.13. The minimum Gasteiger partial charge on any atom is -0.392 e. The van der Waals surface area contributed by atoms with Crippen LogP contribution in [0.4, 0.5) is 0 Å². The second kappa shape index (κ2) is 6.23. The van der Waals surface area contributed by atoms with Crippen LogP contribution in [0.15, 0.2) is 0 Å². The molecule has 6 aliphatic rings. The van der Waals surface area contributed by atoms with Crippen molar-refractivity contribution in [2.24, 2.45) is 34.5 Å². The van der Waals surface area contributed by atoms with Crippen molar-refractivity contribution < 1.29 is 29.5 Å². The maximum atomic E-state index is 12.8. The van der Waals surface area contributed by atoms with Gasteiger partial charge >= 0.3 is 0 Å². The van der Waals surface area contributed by atoms with Crippen molar-refractivity contribution in [1.29, 1.82) is 0 Å². The molecule has 7 heteroatoms. The van der Waals surface area contributed by atoms with Gasteiger partial charge in [-0.1, -0.05) is 13.8 Å². The van der Waals surface area contributed by atoms with Crippen molar-refractivity contribution in [3.05, 3.63) is 0 Å². The lowest BCUT2D eigenvalue weighted by atomic mass is 9.43. The van der Waals surface area contributed by atoms with Gasteiger partial charge in [-0.15, -0.1) is 0 Å². The number of hydrogen-bond donors (Lipinski definition) is 3. The fraction of sp³-hybridized carbons (Fsp3) is 1.00. The minimum atomic E-state index is -1.49. The predicted molar refractivity (Wildman–Crippen MR) is 112 cm³/mol. The van der Waals surface area contributed by atoms with Crippen molar-refractivity contribution in [3.63, 3.8) is 0 Å². The highest BCUT2D eigenvalue weighted by Gasteiger charge is 2.91. The van der Waals surface area contributed by atoms with Gasteiger partial charge in [-0.25, -0.2) is 0 Å². The van der Waals surface area contributed by atoms with E-state index in [-0.39, 0.29) is 52.8 Å². The van der Waals surface area contributed by atoms with Gasteiger partial charge in [0.05, 0.1) is 30.5 Å². The standard InChI is InChI=1S/C24H39NO6/c1-6-25-11-21(2)8-7-15(30-4)23-13-9-12-14(29-3)10-22(27,16(13)17(12)26)24(28,20(23)25)19(31-5)18(21)23/h12-20,26-28H,6-11H2,1-5H3/t12-,13-,14-,15+,16-,17-,18-,19+,20+,21+,22-,23+,24-/m1/s1. The Balaban J connectivity index is 1.68. The van der Waals surface area contributed by atoms with Crippen LogP contribution < -0.4 is 0 Å². The maximum Gasteiger partial charge on any atom is 0.136 e. The van der Waals surface area contributed by atoms with Gasteiger partial charge in [-0.2, -0.15) is 0 Å². The Hall–Kier alpha value is -0.280. The van der Waals surface area contributed by atoms with Gasteiger partial charge in [-0.05, 0) is 37.1 Å². The molecule has 13 atom stereocenters. The number of hydrogen-bond acceptors (Lipinski definition) is 7. The molecule has 176 valence electrons. The van der Waals surface area contributed by atoms with E-state index in [9.17, 15) is 15.3 Å². The van der Waals surface area contributed by atoms with Gasteiger partial charge in [0.15, 0.2) is 0 Å². The normalized spacial score (nSPS) is 64.1. The Kier molecular flexibility index (Phi) is 4.28. The van der Waals surface area contributed by atoms with E-state index in [0.717, 1.165) is 32.4 Å². The molecule has 1 spiro atoms. The highest BCUT2D eigenvalue weighted by atomic mass is 16.5. The number of nitrogens with zero attached hydrogens (tertiary/aromatic N) is 1. The molecule has 1 aliphatic heterocycles. The molecular formula is C24H39NO6. The maximum absolute atomic E-state index is 12.8. The third-order valence-electron chi connectivity index (χ3n) is 11.3. The van der Waals surface area contributed by atoms with Gasteiger partial charge in [-0.3, -0.25) is 4.90 Å². The van der Waals surface area contributed by atoms with Crippen LogP contribution in [0.3, 0.4) is 0 Å². The van der Waals surface area contributed by atoms with E-state index in [4.69, 9.17) is 14.2 Å². The fourth-order valence-electron chi connectivity index (χ4n) is 10.7. The summed E-state index contributed by atoms with van der Waals surface area (Å²) in [5.74, 6) is -0.259. The van der Waals surface area contributed by atoms with Crippen LogP contribution in [0.25, 0.3) is 0 Å². The third kappa shape index (κ3) is 1.93. The van der Waals surface area contributed by atoms with E-state index in [1.54, 1.807) is 21.3 Å². The Bertz CT molecular complexity index is 781. The Labute approximate surface area is 185 Å². The lowest BCUT2D eigenvalue weighted by Gasteiger charge is -2.69. The van der Waals surface area contributed by atoms with Crippen LogP contribution in [0.2, 0.25) is 0 Å². The quantitative estimate of drug-likeness (QED) is 0.595. The molecule has 6 fully saturated rings. The van der Waals surface area contributed by atoms with Gasteiger partial charge in [0.1, 0.15) is 11.2 Å². The smallest absolute Gasteiger partial charge is 0.136 e. The van der Waals surface area contributed by atoms with E-state index in [0.29, 0.717) is 6.42 Å². The number of rotatable bonds is 4. The molecule has 1 heterocycles. The number of piperidine rings is 1. The average molecular weight is 438 g/mol. The monoisotopic (exact) mass is 437 g/mol. The third-order valence-corrected chi connectivity index (χ3v) is 11.3. The lowest BCUT2D eigenvalue weighted by molar-refractivity contribution is -0.317. The average Bonchev–Trinajstić information content (AvgIpc) is 3.11. The van der Waals surface area contributed by atoms with Crippen LogP contribution in [0, 0.1) is 34.5 Å². The highest BCUT2D eigenvalue weighted by molar-refractivity contribution is 5.41. The number of likely N-dealkylation sites (N-methyl/N-ethyl adjacent to an activating group) is 1. The van der Waals surface area contributed by atoms with E-state index < -0.39 is 23.4 Å². The van der Waals surface area contributed by atoms with Gasteiger partial charge in [0.2, 0.25) is 0 Å². The van der Waals surface area contributed by atoms with E-state index in [1.807, 2.05) is 0 Å². The molecule has 0 amide bonds. The van der Waals surface area contributed by atoms with Crippen LogP contribution in [-0.2, 0) is 14.2 Å². The van der Waals surface area contributed by atoms with E-state index >= 15 is 0 Å². The van der Waals surface area contributed by atoms with Crippen LogP contribution in [0.1, 0.15) is 39.5 Å². The van der Waals surface area contributed by atoms with Crippen LogP contribution in [-0.4, -0.2) is 96.3 Å². The summed E-state index contributed by atoms with van der Waals surface area (Å²) in [6.07, 6.45) is 1.61. The number of aliphatic hydroxyl groups is 3.